The number of nitrogens with zero attached hydrogens (tertiary/aromatic N) is 1. The molecule has 0 radical (unpaired) electrons. The number of H-pyrrole nitrogens is 1. The second-order valence-electron chi connectivity index (χ2n) is 4.12. The number of aromatic nitrogens is 2. The van der Waals surface area contributed by atoms with Gasteiger partial charge in [0.2, 0.25) is 6.23 Å². The van der Waals surface area contributed by atoms with Gasteiger partial charge in [0.1, 0.15) is 17.6 Å². The summed E-state index contributed by atoms with van der Waals surface area (Å²) in [5, 5.41) is 18.9. The highest BCUT2D eigenvalue weighted by Gasteiger charge is 2.43. The standard InChI is InChI=1S/C10H12N2O5/c1-10(16)4-6(5-13)17-8(10)12-3-2-7(14)11-9(12)15/h2-3,5,8,13,16H,4H2,1H3,(H,11,14,15)/b6-5+/t8-,10-/m1/s1. The minimum Gasteiger partial charge on any atom is -0.512 e. The molecular formula is C10H12N2O5. The lowest BCUT2D eigenvalue weighted by Crippen LogP contribution is -2.40. The molecule has 2 atom stereocenters. The Labute approximate surface area is 95.6 Å². The minimum absolute atomic E-state index is 0.0831. The van der Waals surface area contributed by atoms with Crippen LogP contribution in [0.3, 0.4) is 0 Å². The third-order valence-corrected chi connectivity index (χ3v) is 2.57. The molecule has 7 heteroatoms. The lowest BCUT2D eigenvalue weighted by atomic mass is 10.0. The summed E-state index contributed by atoms with van der Waals surface area (Å²) in [7, 11) is 0. The van der Waals surface area contributed by atoms with E-state index in [0.717, 1.165) is 16.9 Å². The third kappa shape index (κ3) is 1.96. The molecule has 17 heavy (non-hydrogen) atoms. The predicted octanol–water partition coefficient (Wildman–Crippen LogP) is -0.394. The summed E-state index contributed by atoms with van der Waals surface area (Å²) in [4.78, 5) is 24.5. The molecule has 0 aliphatic carbocycles. The van der Waals surface area contributed by atoms with Crippen LogP contribution >= 0.6 is 0 Å². The highest BCUT2D eigenvalue weighted by Crippen LogP contribution is 2.38. The second-order valence-corrected chi connectivity index (χ2v) is 4.12. The van der Waals surface area contributed by atoms with Crippen molar-refractivity contribution in [2.24, 2.45) is 0 Å². The molecule has 1 aliphatic heterocycles. The fraction of sp³-hybridized carbons (Fsp3) is 0.400. The van der Waals surface area contributed by atoms with Gasteiger partial charge in [0.25, 0.3) is 5.56 Å². The summed E-state index contributed by atoms with van der Waals surface area (Å²) < 4.78 is 6.30. The molecule has 2 rings (SSSR count). The average molecular weight is 240 g/mol. The van der Waals surface area contributed by atoms with Crippen molar-refractivity contribution < 1.29 is 14.9 Å². The van der Waals surface area contributed by atoms with Crippen molar-refractivity contribution in [2.45, 2.75) is 25.2 Å². The van der Waals surface area contributed by atoms with E-state index in [9.17, 15) is 14.7 Å². The first-order valence-electron chi connectivity index (χ1n) is 4.98. The van der Waals surface area contributed by atoms with Crippen LogP contribution in [0.4, 0.5) is 0 Å². The van der Waals surface area contributed by atoms with E-state index >= 15 is 0 Å². The highest BCUT2D eigenvalue weighted by atomic mass is 16.5. The van der Waals surface area contributed by atoms with Crippen molar-refractivity contribution in [3.05, 3.63) is 45.1 Å². The van der Waals surface area contributed by atoms with Crippen molar-refractivity contribution in [1.29, 1.82) is 0 Å². The molecule has 0 saturated carbocycles. The summed E-state index contributed by atoms with van der Waals surface area (Å²) in [6.45, 7) is 1.48. The number of rotatable bonds is 1. The molecule has 1 fully saturated rings. The molecule has 0 amide bonds. The zero-order chi connectivity index (χ0) is 12.6. The Bertz CT molecular complexity index is 569. The Hall–Kier alpha value is -2.02. The first-order valence-corrected chi connectivity index (χ1v) is 4.98. The number of ether oxygens (including phenoxy) is 1. The Morgan fingerprint density at radius 3 is 2.88 bits per heavy atom. The average Bonchev–Trinajstić information content (AvgIpc) is 2.54. The van der Waals surface area contributed by atoms with Gasteiger partial charge in [0, 0.05) is 18.7 Å². The van der Waals surface area contributed by atoms with Crippen molar-refractivity contribution >= 4 is 0 Å². The molecule has 1 aromatic heterocycles. The summed E-state index contributed by atoms with van der Waals surface area (Å²) in [5.74, 6) is 0.179. The van der Waals surface area contributed by atoms with Crippen molar-refractivity contribution in [2.75, 3.05) is 0 Å². The first kappa shape index (κ1) is 11.5. The summed E-state index contributed by atoms with van der Waals surface area (Å²) in [6.07, 6.45) is 1.08. The van der Waals surface area contributed by atoms with Gasteiger partial charge in [0.15, 0.2) is 0 Å². The number of aliphatic hydroxyl groups is 2. The summed E-state index contributed by atoms with van der Waals surface area (Å²) >= 11 is 0. The van der Waals surface area contributed by atoms with E-state index in [1.165, 1.54) is 13.1 Å². The molecule has 7 nitrogen and oxygen atoms in total. The number of hydrogen-bond donors (Lipinski definition) is 3. The number of hydrogen-bond acceptors (Lipinski definition) is 5. The van der Waals surface area contributed by atoms with E-state index in [0.29, 0.717) is 0 Å². The van der Waals surface area contributed by atoms with Crippen molar-refractivity contribution in [1.82, 2.24) is 9.55 Å². The smallest absolute Gasteiger partial charge is 0.331 e. The molecule has 3 N–H and O–H groups in total. The second kappa shape index (κ2) is 3.77. The molecule has 0 spiro atoms. The van der Waals surface area contributed by atoms with E-state index in [4.69, 9.17) is 9.84 Å². The molecule has 0 aromatic carbocycles. The zero-order valence-electron chi connectivity index (χ0n) is 9.08. The number of aliphatic hydroxyl groups excluding tert-OH is 1. The monoisotopic (exact) mass is 240 g/mol. The van der Waals surface area contributed by atoms with E-state index in [-0.39, 0.29) is 12.2 Å². The fourth-order valence-electron chi connectivity index (χ4n) is 1.80. The third-order valence-electron chi connectivity index (χ3n) is 2.57. The van der Waals surface area contributed by atoms with E-state index in [1.54, 1.807) is 0 Å². The van der Waals surface area contributed by atoms with Crippen LogP contribution in [-0.4, -0.2) is 25.4 Å². The molecule has 1 aliphatic rings. The van der Waals surface area contributed by atoms with Crippen LogP contribution in [0.25, 0.3) is 0 Å². The van der Waals surface area contributed by atoms with Crippen LogP contribution in [0.15, 0.2) is 33.9 Å². The van der Waals surface area contributed by atoms with Gasteiger partial charge in [-0.1, -0.05) is 0 Å². The maximum Gasteiger partial charge on any atom is 0.331 e. The van der Waals surface area contributed by atoms with Crippen LogP contribution in [0.5, 0.6) is 0 Å². The van der Waals surface area contributed by atoms with Gasteiger partial charge in [-0.05, 0) is 6.92 Å². The van der Waals surface area contributed by atoms with Crippen LogP contribution in [0, 0.1) is 0 Å². The van der Waals surface area contributed by atoms with Gasteiger partial charge >= 0.3 is 5.69 Å². The summed E-state index contributed by atoms with van der Waals surface area (Å²) in [5.41, 5.74) is -2.54. The normalized spacial score (nSPS) is 30.5. The maximum absolute atomic E-state index is 11.5. The van der Waals surface area contributed by atoms with Crippen LogP contribution in [0.2, 0.25) is 0 Å². The predicted molar refractivity (Wildman–Crippen MR) is 57.4 cm³/mol. The number of nitrogens with one attached hydrogen (secondary N) is 1. The lowest BCUT2D eigenvalue weighted by Gasteiger charge is -2.24. The topological polar surface area (TPSA) is 105 Å². The van der Waals surface area contributed by atoms with Crippen LogP contribution < -0.4 is 11.2 Å². The Morgan fingerprint density at radius 2 is 2.35 bits per heavy atom. The zero-order valence-corrected chi connectivity index (χ0v) is 9.08. The van der Waals surface area contributed by atoms with Gasteiger partial charge in [-0.2, -0.15) is 0 Å². The van der Waals surface area contributed by atoms with Crippen LogP contribution in [-0.2, 0) is 4.74 Å². The van der Waals surface area contributed by atoms with Crippen molar-refractivity contribution in [3.63, 3.8) is 0 Å². The molecule has 1 aromatic rings. The molecule has 0 bridgehead atoms. The minimum atomic E-state index is -1.34. The van der Waals surface area contributed by atoms with Gasteiger partial charge in [-0.3, -0.25) is 14.3 Å². The largest absolute Gasteiger partial charge is 0.512 e. The Morgan fingerprint density at radius 1 is 1.65 bits per heavy atom. The van der Waals surface area contributed by atoms with Gasteiger partial charge in [-0.25, -0.2) is 4.79 Å². The molecule has 1 saturated heterocycles. The van der Waals surface area contributed by atoms with E-state index in [1.807, 2.05) is 0 Å². The Balaban J connectivity index is 2.47. The van der Waals surface area contributed by atoms with Gasteiger partial charge in [0.05, 0.1) is 0 Å². The Kier molecular flexibility index (Phi) is 2.55. The van der Waals surface area contributed by atoms with Gasteiger partial charge in [-0.15, -0.1) is 0 Å². The summed E-state index contributed by atoms with van der Waals surface area (Å²) in [6, 6.07) is 1.15. The van der Waals surface area contributed by atoms with Gasteiger partial charge < -0.3 is 14.9 Å². The molecule has 2 heterocycles. The van der Waals surface area contributed by atoms with Crippen LogP contribution in [0.1, 0.15) is 19.6 Å². The first-order chi connectivity index (χ1) is 7.94. The van der Waals surface area contributed by atoms with E-state index in [2.05, 4.69) is 4.98 Å². The van der Waals surface area contributed by atoms with Crippen molar-refractivity contribution in [3.8, 4) is 0 Å². The molecule has 92 valence electrons. The molecular weight excluding hydrogens is 228 g/mol. The SMILES string of the molecule is C[C@@]1(O)C/C(=C\O)O[C@H]1n1ccc(=O)[nH]c1=O. The van der Waals surface area contributed by atoms with E-state index < -0.39 is 23.1 Å². The maximum atomic E-state index is 11.5. The fourth-order valence-corrected chi connectivity index (χ4v) is 1.80. The molecule has 0 unspecified atom stereocenters. The highest BCUT2D eigenvalue weighted by molar-refractivity contribution is 5.05. The quantitative estimate of drug-likeness (QED) is 0.580. The number of aromatic amines is 1. The lowest BCUT2D eigenvalue weighted by molar-refractivity contribution is -0.0626.